The van der Waals surface area contributed by atoms with Crippen LogP contribution in [-0.2, 0) is 6.54 Å². The van der Waals surface area contributed by atoms with E-state index in [2.05, 4.69) is 63.4 Å². The lowest BCUT2D eigenvalue weighted by Gasteiger charge is -2.43. The van der Waals surface area contributed by atoms with Gasteiger partial charge in [0.05, 0.1) is 6.61 Å². The van der Waals surface area contributed by atoms with E-state index in [0.717, 1.165) is 36.4 Å². The summed E-state index contributed by atoms with van der Waals surface area (Å²) in [5.41, 5.74) is 1.17. The lowest BCUT2D eigenvalue weighted by atomic mass is 10.0. The fourth-order valence-electron chi connectivity index (χ4n) is 2.37. The molecule has 0 atom stereocenters. The Kier molecular flexibility index (Phi) is 5.16. The Morgan fingerprint density at radius 3 is 2.47 bits per heavy atom. The molecule has 5 heteroatoms. The first-order chi connectivity index (χ1) is 9.01. The van der Waals surface area contributed by atoms with E-state index >= 15 is 0 Å². The quantitative estimate of drug-likeness (QED) is 0.641. The molecule has 1 fully saturated rings. The van der Waals surface area contributed by atoms with Gasteiger partial charge in [-0.15, -0.1) is 0 Å². The number of aliphatic hydroxyl groups excluding tert-OH is 1. The predicted molar refractivity (Wildman–Crippen MR) is 85.0 cm³/mol. The molecule has 1 aromatic rings. The normalized spacial score (nSPS) is 18.7. The second-order valence-corrected chi connectivity index (χ2v) is 6.83. The molecule has 4 nitrogen and oxygen atoms in total. The van der Waals surface area contributed by atoms with Crippen LogP contribution < -0.4 is 0 Å². The van der Waals surface area contributed by atoms with Gasteiger partial charge in [0.15, 0.2) is 0 Å². The van der Waals surface area contributed by atoms with Gasteiger partial charge in [0, 0.05) is 44.5 Å². The third kappa shape index (κ3) is 4.11. The van der Waals surface area contributed by atoms with Crippen LogP contribution >= 0.6 is 22.6 Å². The molecule has 0 amide bonds. The van der Waals surface area contributed by atoms with Crippen LogP contribution in [0.1, 0.15) is 19.4 Å². The van der Waals surface area contributed by atoms with Crippen LogP contribution in [0.3, 0.4) is 0 Å². The smallest absolute Gasteiger partial charge is 0.101 e. The highest BCUT2D eigenvalue weighted by atomic mass is 127. The van der Waals surface area contributed by atoms with Gasteiger partial charge in [0.1, 0.15) is 3.70 Å². The number of piperazine rings is 1. The Balaban J connectivity index is 1.85. The molecule has 0 radical (unpaired) electrons. The van der Waals surface area contributed by atoms with Crippen molar-refractivity contribution in [2.45, 2.75) is 25.9 Å². The molecular formula is C14H22IN3O. The van der Waals surface area contributed by atoms with E-state index in [4.69, 9.17) is 0 Å². The van der Waals surface area contributed by atoms with Gasteiger partial charge in [-0.1, -0.05) is 6.07 Å². The number of halogens is 1. The average molecular weight is 375 g/mol. The molecule has 0 bridgehead atoms. The molecule has 0 aromatic carbocycles. The molecule has 1 N–H and O–H groups in total. The van der Waals surface area contributed by atoms with Crippen molar-refractivity contribution >= 4 is 22.6 Å². The van der Waals surface area contributed by atoms with E-state index in [1.807, 2.05) is 6.20 Å². The summed E-state index contributed by atoms with van der Waals surface area (Å²) < 4.78 is 1.04. The van der Waals surface area contributed by atoms with Crippen LogP contribution in [0.2, 0.25) is 0 Å². The number of hydrogen-bond donors (Lipinski definition) is 1. The molecule has 1 aliphatic rings. The summed E-state index contributed by atoms with van der Waals surface area (Å²) in [6.45, 7) is 9.53. The fourth-order valence-corrected chi connectivity index (χ4v) is 2.69. The van der Waals surface area contributed by atoms with Crippen molar-refractivity contribution in [2.24, 2.45) is 0 Å². The Morgan fingerprint density at radius 2 is 1.95 bits per heavy atom. The molecule has 1 saturated heterocycles. The summed E-state index contributed by atoms with van der Waals surface area (Å²) >= 11 is 2.23. The molecule has 1 aromatic heterocycles. The topological polar surface area (TPSA) is 39.6 Å². The average Bonchev–Trinajstić information content (AvgIpc) is 2.42. The molecule has 2 heterocycles. The first kappa shape index (κ1) is 15.2. The Bertz CT molecular complexity index is 400. The number of hydrogen-bond acceptors (Lipinski definition) is 4. The van der Waals surface area contributed by atoms with Gasteiger partial charge >= 0.3 is 0 Å². The SMILES string of the molecule is CC(C)(CO)N1CCN(Cc2ccc(I)nc2)CC1. The van der Waals surface area contributed by atoms with Crippen LogP contribution in [0, 0.1) is 3.70 Å². The van der Waals surface area contributed by atoms with Gasteiger partial charge in [0.2, 0.25) is 0 Å². The maximum atomic E-state index is 9.41. The number of rotatable bonds is 4. The van der Waals surface area contributed by atoms with Gasteiger partial charge in [-0.2, -0.15) is 0 Å². The summed E-state index contributed by atoms with van der Waals surface area (Å²) in [7, 11) is 0. The van der Waals surface area contributed by atoms with Crippen LogP contribution in [0.5, 0.6) is 0 Å². The Hall–Kier alpha value is -0.240. The zero-order valence-corrected chi connectivity index (χ0v) is 13.8. The van der Waals surface area contributed by atoms with Crippen molar-refractivity contribution in [3.05, 3.63) is 27.6 Å². The van der Waals surface area contributed by atoms with Gasteiger partial charge in [-0.25, -0.2) is 0 Å². The second kappa shape index (κ2) is 6.47. The van der Waals surface area contributed by atoms with Crippen molar-refractivity contribution in [1.82, 2.24) is 14.8 Å². The van der Waals surface area contributed by atoms with E-state index in [0.29, 0.717) is 0 Å². The van der Waals surface area contributed by atoms with Crippen LogP contribution in [0.25, 0.3) is 0 Å². The minimum absolute atomic E-state index is 0.101. The summed E-state index contributed by atoms with van der Waals surface area (Å²) in [6, 6.07) is 4.21. The van der Waals surface area contributed by atoms with Gasteiger partial charge in [-0.3, -0.25) is 14.8 Å². The molecule has 0 spiro atoms. The van der Waals surface area contributed by atoms with Crippen molar-refractivity contribution in [1.29, 1.82) is 0 Å². The Labute approximate surface area is 129 Å². The molecule has 0 saturated carbocycles. The molecule has 106 valence electrons. The first-order valence-corrected chi connectivity index (χ1v) is 7.78. The van der Waals surface area contributed by atoms with Crippen LogP contribution in [-0.4, -0.2) is 58.2 Å². The highest BCUT2D eigenvalue weighted by molar-refractivity contribution is 14.1. The van der Waals surface area contributed by atoms with Crippen LogP contribution in [0.4, 0.5) is 0 Å². The van der Waals surface area contributed by atoms with Crippen LogP contribution in [0.15, 0.2) is 18.3 Å². The maximum Gasteiger partial charge on any atom is 0.101 e. The molecule has 0 aliphatic carbocycles. The number of nitrogens with zero attached hydrogens (tertiary/aromatic N) is 3. The number of aromatic nitrogens is 1. The minimum Gasteiger partial charge on any atom is -0.394 e. The van der Waals surface area contributed by atoms with Crippen molar-refractivity contribution in [3.63, 3.8) is 0 Å². The van der Waals surface area contributed by atoms with Gasteiger partial charge < -0.3 is 5.11 Å². The number of aliphatic hydroxyl groups is 1. The van der Waals surface area contributed by atoms with Crippen molar-refractivity contribution < 1.29 is 5.11 Å². The fraction of sp³-hybridized carbons (Fsp3) is 0.643. The third-order valence-electron chi connectivity index (χ3n) is 3.81. The zero-order chi connectivity index (χ0) is 13.9. The van der Waals surface area contributed by atoms with E-state index in [1.54, 1.807) is 0 Å². The Morgan fingerprint density at radius 1 is 1.26 bits per heavy atom. The highest BCUT2D eigenvalue weighted by Crippen LogP contribution is 2.17. The zero-order valence-electron chi connectivity index (χ0n) is 11.6. The number of pyridine rings is 1. The minimum atomic E-state index is -0.101. The largest absolute Gasteiger partial charge is 0.394 e. The summed E-state index contributed by atoms with van der Waals surface area (Å²) in [5, 5.41) is 9.41. The van der Waals surface area contributed by atoms with E-state index in [1.165, 1.54) is 5.56 Å². The van der Waals surface area contributed by atoms with Crippen molar-refractivity contribution in [2.75, 3.05) is 32.8 Å². The summed E-state index contributed by atoms with van der Waals surface area (Å²) in [5.74, 6) is 0. The molecule has 0 unspecified atom stereocenters. The lowest BCUT2D eigenvalue weighted by Crippen LogP contribution is -2.55. The summed E-state index contributed by atoms with van der Waals surface area (Å²) in [6.07, 6.45) is 1.96. The van der Waals surface area contributed by atoms with Crippen molar-refractivity contribution in [3.8, 4) is 0 Å². The molecule has 1 aliphatic heterocycles. The lowest BCUT2D eigenvalue weighted by molar-refractivity contribution is 0.0148. The highest BCUT2D eigenvalue weighted by Gasteiger charge is 2.29. The standard InChI is InChI=1S/C14H22IN3O/c1-14(2,11-19)18-7-5-17(6-8-18)10-12-3-4-13(15)16-9-12/h3-4,9,19H,5-8,10-11H2,1-2H3. The predicted octanol–water partition coefficient (Wildman–Crippen LogP) is 1.57. The monoisotopic (exact) mass is 375 g/mol. The molecule has 19 heavy (non-hydrogen) atoms. The van der Waals surface area contributed by atoms with Gasteiger partial charge in [0.25, 0.3) is 0 Å². The first-order valence-electron chi connectivity index (χ1n) is 6.70. The summed E-state index contributed by atoms with van der Waals surface area (Å²) in [4.78, 5) is 9.15. The van der Waals surface area contributed by atoms with E-state index in [9.17, 15) is 5.11 Å². The molecular weight excluding hydrogens is 353 g/mol. The third-order valence-corrected chi connectivity index (χ3v) is 4.45. The molecule has 2 rings (SSSR count). The van der Waals surface area contributed by atoms with E-state index in [-0.39, 0.29) is 12.1 Å². The van der Waals surface area contributed by atoms with Gasteiger partial charge in [-0.05, 0) is 48.1 Å². The second-order valence-electron chi connectivity index (χ2n) is 5.72. The van der Waals surface area contributed by atoms with E-state index < -0.39 is 0 Å². The maximum absolute atomic E-state index is 9.41.